The second-order valence-corrected chi connectivity index (χ2v) is 10.3. The Morgan fingerprint density at radius 2 is 1.33 bits per heavy atom. The van der Waals surface area contributed by atoms with E-state index in [1.807, 2.05) is 99.6 Å². The third-order valence-electron chi connectivity index (χ3n) is 6.94. The average Bonchev–Trinajstić information content (AvgIpc) is 2.99. The van der Waals surface area contributed by atoms with Gasteiger partial charge in [0.25, 0.3) is 0 Å². The lowest BCUT2D eigenvalue weighted by Gasteiger charge is -2.23. The van der Waals surface area contributed by atoms with Gasteiger partial charge in [0, 0.05) is 6.42 Å². The Labute approximate surface area is 247 Å². The second kappa shape index (κ2) is 16.7. The summed E-state index contributed by atoms with van der Waals surface area (Å²) in [4.78, 5) is 52.2. The number of hydrogen-bond donors (Lipinski definition) is 2. The topological polar surface area (TPSA) is 111 Å². The number of ketones is 1. The molecule has 3 aromatic carbocycles. The van der Waals surface area contributed by atoms with Gasteiger partial charge in [-0.1, -0.05) is 105 Å². The lowest BCUT2D eigenvalue weighted by Crippen LogP contribution is -2.53. The maximum Gasteiger partial charge on any atom is 0.408 e. The van der Waals surface area contributed by atoms with Crippen LogP contribution in [0.4, 0.5) is 4.79 Å². The summed E-state index contributed by atoms with van der Waals surface area (Å²) in [5.74, 6) is -1.52. The van der Waals surface area contributed by atoms with Gasteiger partial charge in [-0.25, -0.2) is 9.59 Å². The second-order valence-electron chi connectivity index (χ2n) is 10.3. The van der Waals surface area contributed by atoms with Crippen molar-refractivity contribution in [2.45, 2.75) is 71.6 Å². The van der Waals surface area contributed by atoms with Gasteiger partial charge in [-0.05, 0) is 42.5 Å². The van der Waals surface area contributed by atoms with Gasteiger partial charge in [-0.2, -0.15) is 0 Å². The Hall–Kier alpha value is -4.46. The lowest BCUT2D eigenvalue weighted by molar-refractivity contribution is -0.130. The summed E-state index contributed by atoms with van der Waals surface area (Å²) < 4.78 is 10.7. The van der Waals surface area contributed by atoms with Crippen molar-refractivity contribution in [1.82, 2.24) is 10.6 Å². The third-order valence-corrected chi connectivity index (χ3v) is 6.94. The van der Waals surface area contributed by atoms with Crippen molar-refractivity contribution in [3.05, 3.63) is 107 Å². The smallest absolute Gasteiger partial charge is 0.408 e. The molecule has 0 saturated heterocycles. The molecule has 2 amide bonds. The minimum atomic E-state index is -0.991. The highest BCUT2D eigenvalue weighted by Crippen LogP contribution is 2.15. The van der Waals surface area contributed by atoms with Gasteiger partial charge >= 0.3 is 12.1 Å². The predicted octanol–water partition coefficient (Wildman–Crippen LogP) is 5.63. The summed E-state index contributed by atoms with van der Waals surface area (Å²) >= 11 is 0. The third kappa shape index (κ3) is 10.2. The molecule has 0 radical (unpaired) electrons. The number of benzene rings is 3. The molecular weight excluding hydrogens is 532 g/mol. The molecule has 0 aliphatic heterocycles. The van der Waals surface area contributed by atoms with Crippen LogP contribution in [-0.2, 0) is 32.1 Å². The number of carbonyl (C=O) groups excluding carboxylic acids is 4. The molecule has 3 rings (SSSR count). The molecule has 3 aromatic rings. The zero-order valence-corrected chi connectivity index (χ0v) is 24.6. The monoisotopic (exact) mass is 572 g/mol. The van der Waals surface area contributed by atoms with Crippen LogP contribution < -0.4 is 10.6 Å². The molecule has 0 saturated carbocycles. The first-order chi connectivity index (χ1) is 20.3. The van der Waals surface area contributed by atoms with Crippen LogP contribution in [0.1, 0.15) is 65.2 Å². The van der Waals surface area contributed by atoms with Crippen LogP contribution >= 0.6 is 0 Å². The Kier molecular flexibility index (Phi) is 12.8. The molecule has 0 aliphatic carbocycles. The molecule has 2 atom stereocenters. The molecule has 0 fully saturated rings. The van der Waals surface area contributed by atoms with Crippen LogP contribution in [0.15, 0.2) is 78.9 Å². The van der Waals surface area contributed by atoms with Gasteiger partial charge in [-0.3, -0.25) is 9.59 Å². The largest absolute Gasteiger partial charge is 0.454 e. The van der Waals surface area contributed by atoms with E-state index in [-0.39, 0.29) is 13.0 Å². The summed E-state index contributed by atoms with van der Waals surface area (Å²) in [5, 5.41) is 5.47. The molecule has 2 N–H and O–H groups in total. The fourth-order valence-corrected chi connectivity index (χ4v) is 4.60. The van der Waals surface area contributed by atoms with Crippen molar-refractivity contribution in [2.24, 2.45) is 0 Å². The molecule has 0 bridgehead atoms. The van der Waals surface area contributed by atoms with Crippen LogP contribution in [-0.4, -0.2) is 42.4 Å². The number of amides is 2. The van der Waals surface area contributed by atoms with Crippen LogP contribution in [0.5, 0.6) is 0 Å². The van der Waals surface area contributed by atoms with Gasteiger partial charge in [0.05, 0.1) is 11.6 Å². The van der Waals surface area contributed by atoms with Crippen LogP contribution in [0.3, 0.4) is 0 Å². The van der Waals surface area contributed by atoms with Gasteiger partial charge < -0.3 is 20.1 Å². The molecule has 42 heavy (non-hydrogen) atoms. The van der Waals surface area contributed by atoms with Crippen LogP contribution in [0.25, 0.3) is 0 Å². The molecule has 0 aromatic heterocycles. The highest BCUT2D eigenvalue weighted by molar-refractivity contribution is 5.96. The Morgan fingerprint density at radius 1 is 0.714 bits per heavy atom. The zero-order valence-electron chi connectivity index (χ0n) is 24.6. The number of hydrogen-bond acceptors (Lipinski definition) is 6. The molecule has 0 heterocycles. The number of Topliss-reactive ketones (excluding diaryl/α,β-unsaturated/α-hetero) is 1. The fraction of sp³-hybridized carbons (Fsp3) is 0.353. The van der Waals surface area contributed by atoms with Crippen molar-refractivity contribution in [3.63, 3.8) is 0 Å². The van der Waals surface area contributed by atoms with Crippen molar-refractivity contribution >= 4 is 23.8 Å². The number of carbonyl (C=O) groups is 4. The quantitative estimate of drug-likeness (QED) is 0.180. The van der Waals surface area contributed by atoms with E-state index in [9.17, 15) is 19.2 Å². The number of nitrogens with one attached hydrogen (secondary N) is 2. The first kappa shape index (κ1) is 32.1. The fourth-order valence-electron chi connectivity index (χ4n) is 4.60. The summed E-state index contributed by atoms with van der Waals surface area (Å²) in [6, 6.07) is 22.1. The lowest BCUT2D eigenvalue weighted by atomic mass is 10.0. The minimum absolute atomic E-state index is 0.0518. The standard InChI is InChI=1S/C34H40N2O6/c1-4-5-8-20-28(30(37)23-41-33(39)31-24(2)14-13-15-25(31)3)35-32(38)29(21-26-16-9-6-10-17-26)36-34(40)42-22-27-18-11-7-12-19-27/h6-7,9-19,28-29H,4-5,8,20-23H2,1-3H3,(H,35,38)(H,36,40). The Morgan fingerprint density at radius 3 is 1.95 bits per heavy atom. The normalized spacial score (nSPS) is 12.1. The Bertz CT molecular complexity index is 1310. The summed E-state index contributed by atoms with van der Waals surface area (Å²) in [6.45, 7) is 5.24. The van der Waals surface area contributed by atoms with Gasteiger partial charge in [0.2, 0.25) is 5.91 Å². The Balaban J connectivity index is 1.69. The van der Waals surface area contributed by atoms with E-state index >= 15 is 0 Å². The molecule has 2 unspecified atom stereocenters. The van der Waals surface area contributed by atoms with Gasteiger partial charge in [0.1, 0.15) is 12.6 Å². The number of rotatable bonds is 15. The molecule has 8 nitrogen and oxygen atoms in total. The van der Waals surface area contributed by atoms with Gasteiger partial charge in [0.15, 0.2) is 12.4 Å². The minimum Gasteiger partial charge on any atom is -0.454 e. The predicted molar refractivity (Wildman–Crippen MR) is 161 cm³/mol. The first-order valence-electron chi connectivity index (χ1n) is 14.4. The number of esters is 1. The highest BCUT2D eigenvalue weighted by atomic mass is 16.5. The van der Waals surface area contributed by atoms with Crippen LogP contribution in [0.2, 0.25) is 0 Å². The van der Waals surface area contributed by atoms with E-state index in [2.05, 4.69) is 10.6 Å². The number of ether oxygens (including phenoxy) is 2. The maximum absolute atomic E-state index is 13.5. The molecular formula is C34H40N2O6. The van der Waals surface area contributed by atoms with E-state index in [0.717, 1.165) is 35.1 Å². The van der Waals surface area contributed by atoms with Crippen LogP contribution in [0, 0.1) is 13.8 Å². The molecule has 8 heteroatoms. The zero-order chi connectivity index (χ0) is 30.3. The van der Waals surface area contributed by atoms with Crippen molar-refractivity contribution < 1.29 is 28.7 Å². The summed E-state index contributed by atoms with van der Waals surface area (Å²) in [6.07, 6.45) is 2.35. The SMILES string of the molecule is CCCCCC(NC(=O)C(Cc1ccccc1)NC(=O)OCc1ccccc1)C(=O)COC(=O)c1c(C)cccc1C. The van der Waals surface area contributed by atoms with E-state index in [4.69, 9.17) is 9.47 Å². The van der Waals surface area contributed by atoms with Crippen molar-refractivity contribution in [2.75, 3.05) is 6.61 Å². The van der Waals surface area contributed by atoms with E-state index in [1.165, 1.54) is 0 Å². The summed E-state index contributed by atoms with van der Waals surface area (Å²) in [5.41, 5.74) is 3.59. The van der Waals surface area contributed by atoms with E-state index < -0.39 is 42.4 Å². The maximum atomic E-state index is 13.5. The van der Waals surface area contributed by atoms with Gasteiger partial charge in [-0.15, -0.1) is 0 Å². The molecule has 0 spiro atoms. The summed E-state index contributed by atoms with van der Waals surface area (Å²) in [7, 11) is 0. The average molecular weight is 573 g/mol. The molecule has 222 valence electrons. The first-order valence-corrected chi connectivity index (χ1v) is 14.4. The van der Waals surface area contributed by atoms with Crippen molar-refractivity contribution in [1.29, 1.82) is 0 Å². The highest BCUT2D eigenvalue weighted by Gasteiger charge is 2.28. The van der Waals surface area contributed by atoms with E-state index in [1.54, 1.807) is 0 Å². The van der Waals surface area contributed by atoms with Crippen molar-refractivity contribution in [3.8, 4) is 0 Å². The van der Waals surface area contributed by atoms with E-state index in [0.29, 0.717) is 18.4 Å². The number of alkyl carbamates (subject to hydrolysis) is 1. The number of aryl methyl sites for hydroxylation is 2. The number of unbranched alkanes of at least 4 members (excludes halogenated alkanes) is 2. The molecule has 0 aliphatic rings.